The Morgan fingerprint density at radius 3 is 2.34 bits per heavy atom. The molecule has 2 aromatic carbocycles. The van der Waals surface area contributed by atoms with E-state index in [-0.39, 0.29) is 17.2 Å². The topological polar surface area (TPSA) is 86.7 Å². The van der Waals surface area contributed by atoms with Crippen molar-refractivity contribution < 1.29 is 19.5 Å². The average molecular weight is 634 g/mol. The van der Waals surface area contributed by atoms with Crippen molar-refractivity contribution in [3.8, 4) is 5.75 Å². The molecule has 1 aliphatic rings. The maximum Gasteiger partial charge on any atom is 0.294 e. The highest BCUT2D eigenvalue weighted by atomic mass is 127. The lowest BCUT2D eigenvalue weighted by molar-refractivity contribution is -0.127. The SMILES string of the molecule is Cc1cccc(C)c1NC(=O)CN1C(=O)S/C(=C/c2cc(I)c(O)c(I)c2)C1=O. The number of amides is 3. The molecule has 6 nitrogen and oxygen atoms in total. The number of halogens is 2. The number of carbonyl (C=O) groups is 3. The Morgan fingerprint density at radius 1 is 1.17 bits per heavy atom. The van der Waals surface area contributed by atoms with Crippen LogP contribution < -0.4 is 5.32 Å². The maximum atomic E-state index is 12.7. The summed E-state index contributed by atoms with van der Waals surface area (Å²) in [6, 6.07) is 9.10. The quantitative estimate of drug-likeness (QED) is 0.370. The largest absolute Gasteiger partial charge is 0.506 e. The third-order valence-corrected chi connectivity index (χ3v) is 6.81. The molecule has 1 fully saturated rings. The average Bonchev–Trinajstić information content (AvgIpc) is 2.90. The van der Waals surface area contributed by atoms with Crippen LogP contribution in [-0.2, 0) is 9.59 Å². The lowest BCUT2D eigenvalue weighted by Crippen LogP contribution is -2.36. The van der Waals surface area contributed by atoms with E-state index in [1.807, 2.05) is 77.2 Å². The summed E-state index contributed by atoms with van der Waals surface area (Å²) in [6.45, 7) is 3.41. The zero-order chi connectivity index (χ0) is 21.3. The number of rotatable bonds is 4. The Morgan fingerprint density at radius 2 is 1.76 bits per heavy atom. The number of aryl methyl sites for hydroxylation is 2. The second-order valence-electron chi connectivity index (χ2n) is 6.42. The molecule has 29 heavy (non-hydrogen) atoms. The number of hydrogen-bond acceptors (Lipinski definition) is 5. The van der Waals surface area contributed by atoms with Crippen molar-refractivity contribution in [1.82, 2.24) is 4.90 Å². The Hall–Kier alpha value is -1.60. The minimum absolute atomic E-state index is 0.180. The van der Waals surface area contributed by atoms with E-state index < -0.39 is 17.1 Å². The minimum Gasteiger partial charge on any atom is -0.506 e. The second kappa shape index (κ2) is 9.04. The Labute approximate surface area is 199 Å². The minimum atomic E-state index is -0.505. The van der Waals surface area contributed by atoms with Gasteiger partial charge in [-0.1, -0.05) is 18.2 Å². The van der Waals surface area contributed by atoms with Gasteiger partial charge in [-0.2, -0.15) is 0 Å². The van der Waals surface area contributed by atoms with Gasteiger partial charge in [-0.25, -0.2) is 0 Å². The van der Waals surface area contributed by atoms with Crippen LogP contribution in [0.4, 0.5) is 10.5 Å². The number of thioether (sulfide) groups is 1. The first-order valence-electron chi connectivity index (χ1n) is 8.47. The van der Waals surface area contributed by atoms with Gasteiger partial charge in [0, 0.05) is 5.69 Å². The summed E-state index contributed by atoms with van der Waals surface area (Å²) in [4.78, 5) is 38.6. The predicted octanol–water partition coefficient (Wildman–Crippen LogP) is 4.89. The second-order valence-corrected chi connectivity index (χ2v) is 9.73. The monoisotopic (exact) mass is 634 g/mol. The summed E-state index contributed by atoms with van der Waals surface area (Å²) in [5, 5.41) is 12.2. The van der Waals surface area contributed by atoms with Crippen LogP contribution in [0.5, 0.6) is 5.75 Å². The molecule has 0 aromatic heterocycles. The van der Waals surface area contributed by atoms with Crippen LogP contribution in [0.25, 0.3) is 6.08 Å². The van der Waals surface area contributed by atoms with Crippen molar-refractivity contribution in [2.45, 2.75) is 13.8 Å². The van der Waals surface area contributed by atoms with Gasteiger partial charge in [0.2, 0.25) is 5.91 Å². The van der Waals surface area contributed by atoms with Gasteiger partial charge in [-0.05, 0) is 106 Å². The van der Waals surface area contributed by atoms with Crippen LogP contribution in [-0.4, -0.2) is 33.6 Å². The van der Waals surface area contributed by atoms with Crippen LogP contribution in [0, 0.1) is 21.0 Å². The van der Waals surface area contributed by atoms with Crippen LogP contribution in [0.15, 0.2) is 35.2 Å². The molecule has 9 heteroatoms. The molecule has 0 saturated carbocycles. The molecule has 2 N–H and O–H groups in total. The molecule has 0 bridgehead atoms. The van der Waals surface area contributed by atoms with Gasteiger partial charge in [-0.3, -0.25) is 19.3 Å². The predicted molar refractivity (Wildman–Crippen MR) is 131 cm³/mol. The first-order valence-corrected chi connectivity index (χ1v) is 11.4. The zero-order valence-corrected chi connectivity index (χ0v) is 20.6. The van der Waals surface area contributed by atoms with Crippen LogP contribution in [0.2, 0.25) is 0 Å². The van der Waals surface area contributed by atoms with Crippen molar-refractivity contribution in [3.05, 3.63) is 59.1 Å². The molecule has 150 valence electrons. The number of para-hydroxylation sites is 1. The third kappa shape index (κ3) is 4.94. The van der Waals surface area contributed by atoms with Crippen LogP contribution in [0.1, 0.15) is 16.7 Å². The smallest absolute Gasteiger partial charge is 0.294 e. The molecule has 0 unspecified atom stereocenters. The summed E-state index contributed by atoms with van der Waals surface area (Å²) in [5.74, 6) is -0.756. The molecule has 3 amide bonds. The molecule has 0 atom stereocenters. The highest BCUT2D eigenvalue weighted by molar-refractivity contribution is 14.1. The number of phenolic OH excluding ortho intramolecular Hbond substituents is 1. The summed E-state index contributed by atoms with van der Waals surface area (Å²) < 4.78 is 1.29. The Bertz CT molecular complexity index is 1030. The molecular formula is C20H16I2N2O4S. The van der Waals surface area contributed by atoms with E-state index in [0.717, 1.165) is 27.8 Å². The highest BCUT2D eigenvalue weighted by Crippen LogP contribution is 2.34. The van der Waals surface area contributed by atoms with Crippen molar-refractivity contribution in [2.75, 3.05) is 11.9 Å². The van der Waals surface area contributed by atoms with Crippen LogP contribution >= 0.6 is 56.9 Å². The van der Waals surface area contributed by atoms with Crippen molar-refractivity contribution in [2.24, 2.45) is 0 Å². The molecule has 1 heterocycles. The van der Waals surface area contributed by atoms with E-state index in [9.17, 15) is 19.5 Å². The Balaban J connectivity index is 1.76. The third-order valence-electron chi connectivity index (χ3n) is 4.26. The van der Waals surface area contributed by atoms with E-state index in [0.29, 0.717) is 18.4 Å². The highest BCUT2D eigenvalue weighted by Gasteiger charge is 2.36. The summed E-state index contributed by atoms with van der Waals surface area (Å²) in [6.07, 6.45) is 1.60. The van der Waals surface area contributed by atoms with Gasteiger partial charge in [0.25, 0.3) is 11.1 Å². The summed E-state index contributed by atoms with van der Waals surface area (Å²) in [5.41, 5.74) is 3.20. The molecule has 3 rings (SSSR count). The number of anilines is 1. The molecule has 0 spiro atoms. The number of aromatic hydroxyl groups is 1. The van der Waals surface area contributed by atoms with E-state index in [1.165, 1.54) is 0 Å². The summed E-state index contributed by atoms with van der Waals surface area (Å²) in [7, 11) is 0. The number of benzene rings is 2. The van der Waals surface area contributed by atoms with Crippen molar-refractivity contribution in [1.29, 1.82) is 0 Å². The van der Waals surface area contributed by atoms with Gasteiger partial charge in [0.15, 0.2) is 0 Å². The summed E-state index contributed by atoms with van der Waals surface area (Å²) >= 11 is 4.80. The van der Waals surface area contributed by atoms with E-state index in [4.69, 9.17) is 0 Å². The number of hydrogen-bond donors (Lipinski definition) is 2. The standard InChI is InChI=1S/C20H16I2N2O4S/c1-10-4-3-5-11(2)17(10)23-16(25)9-24-19(27)15(29-20(24)28)8-12-6-13(21)18(26)14(22)7-12/h3-8,26H,9H2,1-2H3,(H,23,25)/b15-8+. The van der Waals surface area contributed by atoms with Gasteiger partial charge in [0.1, 0.15) is 12.3 Å². The fourth-order valence-electron chi connectivity index (χ4n) is 2.79. The molecule has 1 aliphatic heterocycles. The molecule has 2 aromatic rings. The fraction of sp³-hybridized carbons (Fsp3) is 0.150. The van der Waals surface area contributed by atoms with Gasteiger partial charge in [-0.15, -0.1) is 0 Å². The van der Waals surface area contributed by atoms with Crippen LogP contribution in [0.3, 0.4) is 0 Å². The van der Waals surface area contributed by atoms with Gasteiger partial charge in [0.05, 0.1) is 12.0 Å². The molecule has 0 radical (unpaired) electrons. The molecular weight excluding hydrogens is 618 g/mol. The number of nitrogens with zero attached hydrogens (tertiary/aromatic N) is 1. The molecule has 1 saturated heterocycles. The lowest BCUT2D eigenvalue weighted by Gasteiger charge is -2.15. The number of phenols is 1. The zero-order valence-electron chi connectivity index (χ0n) is 15.5. The number of carbonyl (C=O) groups excluding carboxylic acids is 3. The van der Waals surface area contributed by atoms with Gasteiger partial charge >= 0.3 is 0 Å². The van der Waals surface area contributed by atoms with Gasteiger partial charge < -0.3 is 10.4 Å². The lowest BCUT2D eigenvalue weighted by atomic mass is 10.1. The van der Waals surface area contributed by atoms with E-state index >= 15 is 0 Å². The fourth-order valence-corrected chi connectivity index (χ4v) is 5.44. The number of nitrogens with one attached hydrogen (secondary N) is 1. The normalized spacial score (nSPS) is 15.3. The first-order chi connectivity index (χ1) is 13.7. The first kappa shape index (κ1) is 22.1. The molecule has 0 aliphatic carbocycles. The van der Waals surface area contributed by atoms with Crippen molar-refractivity contribution >= 4 is 85.8 Å². The van der Waals surface area contributed by atoms with E-state index in [1.54, 1.807) is 18.2 Å². The van der Waals surface area contributed by atoms with E-state index in [2.05, 4.69) is 5.32 Å². The number of imide groups is 1. The maximum absolute atomic E-state index is 12.7. The van der Waals surface area contributed by atoms with Crippen molar-refractivity contribution in [3.63, 3.8) is 0 Å². The Kier molecular flexibility index (Phi) is 6.89.